The molecule has 0 amide bonds. The Labute approximate surface area is 34.6 Å². The van der Waals surface area contributed by atoms with Gasteiger partial charge < -0.3 is 5.11 Å². The summed E-state index contributed by atoms with van der Waals surface area (Å²) in [6.45, 7) is 0.975. The van der Waals surface area contributed by atoms with Crippen LogP contribution in [-0.4, -0.2) is 17.2 Å². The van der Waals surface area contributed by atoms with E-state index in [1.807, 2.05) is 0 Å². The Balaban J connectivity index is 3.26. The Hall–Kier alpha value is -0.600. The first-order valence-corrected chi connectivity index (χ1v) is 1.51. The van der Waals surface area contributed by atoms with Crippen LogP contribution in [0.1, 0.15) is 6.92 Å². The molecule has 0 aliphatic carbocycles. The third-order valence-corrected chi connectivity index (χ3v) is 0.340. The minimum Gasteiger partial charge on any atom is -0.479 e. The zero-order chi connectivity index (χ0) is 5.15. The fraction of sp³-hybridized carbons (Fsp3) is 0.667. The Bertz CT molecular complexity index is 59.8. The first-order chi connectivity index (χ1) is 2.64. The van der Waals surface area contributed by atoms with Gasteiger partial charge in [0.2, 0.25) is 0 Å². The molecule has 0 fully saturated rings. The monoisotopic (exact) mass is 91.0 g/mol. The predicted octanol–water partition coefficient (Wildman–Crippen LogP) is 0.429. The van der Waals surface area contributed by atoms with Gasteiger partial charge in [-0.1, -0.05) is 0 Å². The predicted molar refractivity (Wildman–Crippen MR) is 18.2 cm³/mol. The zero-order valence-corrected chi connectivity index (χ0v) is 3.31. The third kappa shape index (κ3) is 1.69. The lowest BCUT2D eigenvalue weighted by molar-refractivity contribution is -0.142. The summed E-state index contributed by atoms with van der Waals surface area (Å²) in [6.07, 6.45) is -1.73. The van der Waals surface area contributed by atoms with E-state index in [0.29, 0.717) is 0 Å². The second kappa shape index (κ2) is 1.74. The van der Waals surface area contributed by atoms with Crippen LogP contribution >= 0.6 is 0 Å². The van der Waals surface area contributed by atoms with Gasteiger partial charge in [0.1, 0.15) is 0 Å². The lowest BCUT2D eigenvalue weighted by Crippen LogP contribution is -2.08. The lowest BCUT2D eigenvalue weighted by atomic mass is 10.5. The zero-order valence-electron chi connectivity index (χ0n) is 3.31. The van der Waals surface area contributed by atoms with Gasteiger partial charge in [-0.15, -0.1) is 0 Å². The van der Waals surface area contributed by atoms with Gasteiger partial charge in [0.15, 0.2) is 6.17 Å². The van der Waals surface area contributed by atoms with Gasteiger partial charge in [-0.2, -0.15) is 0 Å². The molecule has 0 saturated heterocycles. The molecular weight excluding hydrogens is 86.0 g/mol. The van der Waals surface area contributed by atoms with Crippen molar-refractivity contribution in [2.24, 2.45) is 0 Å². The molecule has 1 N–H and O–H groups in total. The number of carboxylic acids is 1. The van der Waals surface area contributed by atoms with Gasteiger partial charge in [0.25, 0.3) is 0 Å². The van der Waals surface area contributed by atoms with Crippen molar-refractivity contribution in [2.75, 3.05) is 0 Å². The summed E-state index contributed by atoms with van der Waals surface area (Å²) in [5, 5.41) is 7.62. The Morgan fingerprint density at radius 1 is 2.00 bits per heavy atom. The van der Waals surface area contributed by atoms with Crippen LogP contribution in [0.25, 0.3) is 0 Å². The van der Waals surface area contributed by atoms with Crippen molar-refractivity contribution in [1.29, 1.82) is 0 Å². The van der Waals surface area contributed by atoms with Crippen LogP contribution in [0.15, 0.2) is 0 Å². The summed E-state index contributed by atoms with van der Waals surface area (Å²) < 4.78 is 11.2. The van der Waals surface area contributed by atoms with Gasteiger partial charge in [-0.25, -0.2) is 9.18 Å². The summed E-state index contributed by atoms with van der Waals surface area (Å²) in [7, 11) is 0. The Kier molecular flexibility index (Phi) is 1.57. The summed E-state index contributed by atoms with van der Waals surface area (Å²) in [6, 6.07) is 0. The van der Waals surface area contributed by atoms with Crippen molar-refractivity contribution in [2.45, 2.75) is 13.1 Å². The number of aliphatic carboxylic acids is 1. The largest absolute Gasteiger partial charge is 0.479 e. The van der Waals surface area contributed by atoms with E-state index < -0.39 is 12.1 Å². The molecule has 0 saturated carbocycles. The van der Waals surface area contributed by atoms with E-state index in [1.54, 1.807) is 0 Å². The molecule has 6 heavy (non-hydrogen) atoms. The van der Waals surface area contributed by atoms with E-state index in [0.717, 1.165) is 6.92 Å². The van der Waals surface area contributed by atoms with Crippen molar-refractivity contribution in [3.8, 4) is 0 Å². The second-order valence-electron chi connectivity index (χ2n) is 0.954. The first-order valence-electron chi connectivity index (χ1n) is 1.51. The topological polar surface area (TPSA) is 37.3 Å². The van der Waals surface area contributed by atoms with Gasteiger partial charge in [-0.3, -0.25) is 0 Å². The van der Waals surface area contributed by atoms with Crippen LogP contribution in [0.3, 0.4) is 0 Å². The number of halogens is 1. The van der Waals surface area contributed by atoms with Crippen LogP contribution in [0, 0.1) is 0 Å². The molecule has 3 heteroatoms. The average Bonchev–Trinajstić information content (AvgIpc) is 1.36. The smallest absolute Gasteiger partial charge is 0.337 e. The van der Waals surface area contributed by atoms with Crippen LogP contribution in [0.4, 0.5) is 4.39 Å². The van der Waals surface area contributed by atoms with Gasteiger partial charge >= 0.3 is 5.97 Å². The minimum atomic E-state index is -1.73. The molecule has 0 heterocycles. The fourth-order valence-electron chi connectivity index (χ4n) is 0. The first kappa shape index (κ1) is 5.40. The summed E-state index contributed by atoms with van der Waals surface area (Å²) in [5.74, 6) is -1.41. The van der Waals surface area contributed by atoms with E-state index in [1.165, 1.54) is 0 Å². The van der Waals surface area contributed by atoms with Crippen LogP contribution in [0.2, 0.25) is 0 Å². The molecule has 0 aliphatic rings. The maximum absolute atomic E-state index is 11.2. The summed E-state index contributed by atoms with van der Waals surface area (Å²) >= 11 is 0. The van der Waals surface area contributed by atoms with Crippen molar-refractivity contribution in [3.63, 3.8) is 0 Å². The van der Waals surface area contributed by atoms with Gasteiger partial charge in [0.05, 0.1) is 0 Å². The quantitative estimate of drug-likeness (QED) is 0.508. The molecule has 0 bridgehead atoms. The molecule has 0 radical (unpaired) electrons. The number of carbonyl (C=O) groups is 1. The molecule has 0 unspecified atom stereocenters. The number of alkyl halides is 1. The third-order valence-electron chi connectivity index (χ3n) is 0.340. The highest BCUT2D eigenvalue weighted by atomic mass is 18.2. The molecule has 0 spiro atoms. The number of hydrogen-bond acceptors (Lipinski definition) is 1. The molecule has 1 atom stereocenters. The molecule has 36 valence electrons. The van der Waals surface area contributed by atoms with Gasteiger partial charge in [0, 0.05) is 0 Å². The molecular formula is C3H5FO2. The average molecular weight is 91.1 g/mol. The second-order valence-corrected chi connectivity index (χ2v) is 0.954. The molecule has 0 aliphatic heterocycles. The highest BCUT2D eigenvalue weighted by Crippen LogP contribution is 1.83. The number of rotatable bonds is 1. The summed E-state index contributed by atoms with van der Waals surface area (Å²) in [4.78, 5) is 9.32. The molecule has 2 nitrogen and oxygen atoms in total. The van der Waals surface area contributed by atoms with Crippen molar-refractivity contribution >= 4 is 5.97 Å². The van der Waals surface area contributed by atoms with Crippen LogP contribution in [0.5, 0.6) is 0 Å². The maximum Gasteiger partial charge on any atom is 0.337 e. The fourth-order valence-corrected chi connectivity index (χ4v) is 0. The SMILES string of the molecule is C[C@@H]([18F])C(=O)O. The molecule has 0 aromatic rings. The molecule has 0 rings (SSSR count). The van der Waals surface area contributed by atoms with E-state index in [-0.39, 0.29) is 0 Å². The van der Waals surface area contributed by atoms with E-state index in [9.17, 15) is 9.18 Å². The highest BCUT2D eigenvalue weighted by Gasteiger charge is 2.04. The van der Waals surface area contributed by atoms with Crippen molar-refractivity contribution in [1.82, 2.24) is 0 Å². The maximum atomic E-state index is 11.2. The van der Waals surface area contributed by atoms with Crippen LogP contribution in [-0.2, 0) is 4.79 Å². The van der Waals surface area contributed by atoms with Crippen molar-refractivity contribution < 1.29 is 14.3 Å². The Morgan fingerprint density at radius 3 is 2.17 bits per heavy atom. The molecule has 0 aromatic heterocycles. The molecule has 0 aromatic carbocycles. The summed E-state index contributed by atoms with van der Waals surface area (Å²) in [5.41, 5.74) is 0. The number of carboxylic acid groups (broad SMARTS) is 1. The van der Waals surface area contributed by atoms with E-state index in [2.05, 4.69) is 0 Å². The Morgan fingerprint density at radius 2 is 2.17 bits per heavy atom. The van der Waals surface area contributed by atoms with E-state index in [4.69, 9.17) is 5.11 Å². The highest BCUT2D eigenvalue weighted by molar-refractivity contribution is 5.71. The lowest BCUT2D eigenvalue weighted by Gasteiger charge is -1.85. The normalized spacial score (nSPS) is 13.7. The van der Waals surface area contributed by atoms with Crippen LogP contribution < -0.4 is 0 Å². The number of hydrogen-bond donors (Lipinski definition) is 1. The van der Waals surface area contributed by atoms with Crippen molar-refractivity contribution in [3.05, 3.63) is 0 Å². The van der Waals surface area contributed by atoms with Gasteiger partial charge in [-0.05, 0) is 6.92 Å². The van der Waals surface area contributed by atoms with E-state index >= 15 is 0 Å². The standard InChI is InChI=1S/C3H5FO2/c1-2(4)3(5)6/h2H,1H3,(H,5,6)/t2-/m1/s1/i4-1. The minimum absolute atomic E-state index is 0.975.